The number of aliphatic hydroxyl groups excluding tert-OH is 1. The van der Waals surface area contributed by atoms with E-state index in [1.807, 2.05) is 0 Å². The third-order valence-corrected chi connectivity index (χ3v) is 6.25. The van der Waals surface area contributed by atoms with E-state index in [9.17, 15) is 23.5 Å². The lowest BCUT2D eigenvalue weighted by atomic mass is 9.77. The summed E-state index contributed by atoms with van der Waals surface area (Å²) in [5.74, 6) is -2.14. The highest BCUT2D eigenvalue weighted by molar-refractivity contribution is 5.93. The van der Waals surface area contributed by atoms with Gasteiger partial charge >= 0.3 is 0 Å². The van der Waals surface area contributed by atoms with Gasteiger partial charge in [0.1, 0.15) is 0 Å². The molecule has 4 rings (SSSR count). The molecule has 2 aliphatic rings. The molecule has 2 amide bonds. The standard InChI is InChI=1S/C22H24F2N2O4/c1-12-5-6-30-21(12)22(29)25-17-7-14-10-26(11-15(14)8-18(17)27)19(28)9-13-3-2-4-16(23)20(13)24/h2-6,14-15,17-18,27H,7-11H2,1H3,(H,25,29)/t14-,15+,17-,18-/m0/s1. The van der Waals surface area contributed by atoms with Crippen molar-refractivity contribution in [3.05, 3.63) is 59.1 Å². The topological polar surface area (TPSA) is 82.8 Å². The van der Waals surface area contributed by atoms with Gasteiger partial charge in [0.2, 0.25) is 5.91 Å². The van der Waals surface area contributed by atoms with Crippen molar-refractivity contribution in [3.8, 4) is 0 Å². The molecule has 1 aromatic heterocycles. The van der Waals surface area contributed by atoms with Crippen LogP contribution in [0.1, 0.15) is 34.5 Å². The van der Waals surface area contributed by atoms with E-state index in [4.69, 9.17) is 4.42 Å². The molecule has 2 heterocycles. The second-order valence-electron chi connectivity index (χ2n) is 8.26. The highest BCUT2D eigenvalue weighted by atomic mass is 19.2. The van der Waals surface area contributed by atoms with Gasteiger partial charge < -0.3 is 19.7 Å². The second-order valence-corrected chi connectivity index (χ2v) is 8.26. The molecule has 1 aromatic carbocycles. The molecule has 30 heavy (non-hydrogen) atoms. The lowest BCUT2D eigenvalue weighted by molar-refractivity contribution is -0.129. The van der Waals surface area contributed by atoms with Crippen LogP contribution in [0.25, 0.3) is 0 Å². The molecule has 0 unspecified atom stereocenters. The average molecular weight is 418 g/mol. The van der Waals surface area contributed by atoms with Gasteiger partial charge in [0, 0.05) is 24.2 Å². The SMILES string of the molecule is Cc1ccoc1C(=O)N[C@H]1C[C@H]2CN(C(=O)Cc3cccc(F)c3F)C[C@H]2C[C@@H]1O. The zero-order valence-electron chi connectivity index (χ0n) is 16.6. The number of carbonyl (C=O) groups is 2. The molecule has 8 heteroatoms. The first kappa shape index (κ1) is 20.5. The summed E-state index contributed by atoms with van der Waals surface area (Å²) in [6.45, 7) is 2.71. The van der Waals surface area contributed by atoms with Gasteiger partial charge in [-0.1, -0.05) is 12.1 Å². The van der Waals surface area contributed by atoms with Crippen LogP contribution >= 0.6 is 0 Å². The zero-order valence-corrected chi connectivity index (χ0v) is 16.6. The molecule has 0 spiro atoms. The Bertz CT molecular complexity index is 960. The molecule has 0 bridgehead atoms. The molecule has 1 saturated heterocycles. The number of hydrogen-bond donors (Lipinski definition) is 2. The predicted molar refractivity (Wildman–Crippen MR) is 104 cm³/mol. The monoisotopic (exact) mass is 418 g/mol. The predicted octanol–water partition coefficient (Wildman–Crippen LogP) is 2.44. The maximum absolute atomic E-state index is 13.9. The van der Waals surface area contributed by atoms with Crippen LogP contribution < -0.4 is 5.32 Å². The Morgan fingerprint density at radius 1 is 1.20 bits per heavy atom. The Labute approximate surface area is 172 Å². The minimum atomic E-state index is -0.992. The van der Waals surface area contributed by atoms with Crippen molar-refractivity contribution in [2.45, 2.75) is 38.3 Å². The van der Waals surface area contributed by atoms with Crippen LogP contribution in [0.5, 0.6) is 0 Å². The molecule has 1 saturated carbocycles. The fourth-order valence-electron chi connectivity index (χ4n) is 4.59. The molecule has 2 aromatic rings. The van der Waals surface area contributed by atoms with Crippen molar-refractivity contribution in [2.75, 3.05) is 13.1 Å². The molecular formula is C22H24F2N2O4. The Morgan fingerprint density at radius 3 is 2.63 bits per heavy atom. The van der Waals surface area contributed by atoms with E-state index in [0.717, 1.165) is 11.6 Å². The molecule has 1 aliphatic carbocycles. The maximum atomic E-state index is 13.9. The van der Waals surface area contributed by atoms with E-state index in [0.29, 0.717) is 25.9 Å². The number of nitrogens with one attached hydrogen (secondary N) is 1. The van der Waals surface area contributed by atoms with Gasteiger partial charge in [-0.25, -0.2) is 8.78 Å². The number of furan rings is 1. The molecule has 0 radical (unpaired) electrons. The minimum absolute atomic E-state index is 0.0360. The molecule has 1 aliphatic heterocycles. The van der Waals surface area contributed by atoms with Crippen molar-refractivity contribution >= 4 is 11.8 Å². The van der Waals surface area contributed by atoms with Crippen LogP contribution in [-0.4, -0.2) is 47.1 Å². The van der Waals surface area contributed by atoms with Gasteiger partial charge in [-0.2, -0.15) is 0 Å². The number of hydrogen-bond acceptors (Lipinski definition) is 4. The highest BCUT2D eigenvalue weighted by Crippen LogP contribution is 2.37. The number of halogens is 2. The Morgan fingerprint density at radius 2 is 1.93 bits per heavy atom. The number of nitrogens with zero attached hydrogens (tertiary/aromatic N) is 1. The molecule has 6 nitrogen and oxygen atoms in total. The van der Waals surface area contributed by atoms with E-state index in [1.165, 1.54) is 18.4 Å². The normalized spacial score (nSPS) is 25.8. The number of carbonyl (C=O) groups excluding carboxylic acids is 2. The molecular weight excluding hydrogens is 394 g/mol. The van der Waals surface area contributed by atoms with Gasteiger partial charge in [-0.15, -0.1) is 0 Å². The van der Waals surface area contributed by atoms with Crippen molar-refractivity contribution < 1.29 is 27.9 Å². The summed E-state index contributed by atoms with van der Waals surface area (Å²) in [6.07, 6.45) is 1.52. The summed E-state index contributed by atoms with van der Waals surface area (Å²) in [5, 5.41) is 13.4. The summed E-state index contributed by atoms with van der Waals surface area (Å²) in [5.41, 5.74) is 0.756. The number of rotatable bonds is 4. The summed E-state index contributed by atoms with van der Waals surface area (Å²) in [6, 6.07) is 5.08. The first-order chi connectivity index (χ1) is 14.3. The highest BCUT2D eigenvalue weighted by Gasteiger charge is 2.43. The van der Waals surface area contributed by atoms with Crippen LogP contribution in [0.15, 0.2) is 34.9 Å². The Kier molecular flexibility index (Phi) is 5.60. The maximum Gasteiger partial charge on any atom is 0.287 e. The minimum Gasteiger partial charge on any atom is -0.459 e. The van der Waals surface area contributed by atoms with Crippen molar-refractivity contribution in [1.29, 1.82) is 0 Å². The summed E-state index contributed by atoms with van der Waals surface area (Å²) in [7, 11) is 0. The van der Waals surface area contributed by atoms with Gasteiger partial charge in [-0.05, 0) is 43.7 Å². The quantitative estimate of drug-likeness (QED) is 0.799. The van der Waals surface area contributed by atoms with Crippen molar-refractivity contribution in [3.63, 3.8) is 0 Å². The molecule has 160 valence electrons. The van der Waals surface area contributed by atoms with E-state index >= 15 is 0 Å². The average Bonchev–Trinajstić information content (AvgIpc) is 3.31. The lowest BCUT2D eigenvalue weighted by Crippen LogP contribution is -2.49. The van der Waals surface area contributed by atoms with Crippen molar-refractivity contribution in [1.82, 2.24) is 10.2 Å². The number of aryl methyl sites for hydroxylation is 1. The van der Waals surface area contributed by atoms with Gasteiger partial charge in [0.25, 0.3) is 5.91 Å². The Balaban J connectivity index is 1.38. The first-order valence-electron chi connectivity index (χ1n) is 10.1. The first-order valence-corrected chi connectivity index (χ1v) is 10.1. The lowest BCUT2D eigenvalue weighted by Gasteiger charge is -2.35. The summed E-state index contributed by atoms with van der Waals surface area (Å²) < 4.78 is 32.5. The third kappa shape index (κ3) is 3.96. The number of amides is 2. The van der Waals surface area contributed by atoms with Crippen LogP contribution in [-0.2, 0) is 11.2 Å². The van der Waals surface area contributed by atoms with Gasteiger partial charge in [-0.3, -0.25) is 9.59 Å². The van der Waals surface area contributed by atoms with Crippen LogP contribution in [0.2, 0.25) is 0 Å². The van der Waals surface area contributed by atoms with Crippen LogP contribution in [0, 0.1) is 30.4 Å². The fourth-order valence-corrected chi connectivity index (χ4v) is 4.59. The van der Waals surface area contributed by atoms with Gasteiger partial charge in [0.15, 0.2) is 17.4 Å². The van der Waals surface area contributed by atoms with Gasteiger partial charge in [0.05, 0.1) is 24.8 Å². The number of benzene rings is 1. The largest absolute Gasteiger partial charge is 0.459 e. The van der Waals surface area contributed by atoms with E-state index in [2.05, 4.69) is 5.32 Å². The summed E-state index contributed by atoms with van der Waals surface area (Å²) >= 11 is 0. The van der Waals surface area contributed by atoms with Crippen molar-refractivity contribution in [2.24, 2.45) is 11.8 Å². The number of fused-ring (bicyclic) bond motifs is 1. The Hall–Kier alpha value is -2.74. The summed E-state index contributed by atoms with van der Waals surface area (Å²) in [4.78, 5) is 26.7. The fraction of sp³-hybridized carbons (Fsp3) is 0.455. The zero-order chi connectivity index (χ0) is 21.4. The van der Waals surface area contributed by atoms with E-state index in [1.54, 1.807) is 17.9 Å². The van der Waals surface area contributed by atoms with Crippen LogP contribution in [0.3, 0.4) is 0 Å². The van der Waals surface area contributed by atoms with Crippen LogP contribution in [0.4, 0.5) is 8.78 Å². The third-order valence-electron chi connectivity index (χ3n) is 6.25. The molecule has 2 fully saturated rings. The molecule has 2 N–H and O–H groups in total. The second kappa shape index (κ2) is 8.18. The molecule has 4 atom stereocenters. The number of likely N-dealkylation sites (tertiary alicyclic amines) is 1. The smallest absolute Gasteiger partial charge is 0.287 e. The van der Waals surface area contributed by atoms with E-state index < -0.39 is 23.8 Å². The van der Waals surface area contributed by atoms with E-state index in [-0.39, 0.29) is 41.4 Å². The number of aliphatic hydroxyl groups is 1.